The molecule has 0 aliphatic carbocycles. The van der Waals surface area contributed by atoms with E-state index in [1.807, 2.05) is 0 Å². The lowest BCUT2D eigenvalue weighted by molar-refractivity contribution is -0.385. The van der Waals surface area contributed by atoms with Gasteiger partial charge >= 0.3 is 5.97 Å². The van der Waals surface area contributed by atoms with Gasteiger partial charge in [0.25, 0.3) is 5.69 Å². The number of benzene rings is 2. The third-order valence-corrected chi connectivity index (χ3v) is 3.48. The predicted octanol–water partition coefficient (Wildman–Crippen LogP) is 3.67. The summed E-state index contributed by atoms with van der Waals surface area (Å²) in [6, 6.07) is 11.2. The average Bonchev–Trinajstić information content (AvgIpc) is 2.45. The maximum absolute atomic E-state index is 10.7. The second-order valence-electron chi connectivity index (χ2n) is 4.28. The van der Waals surface area contributed by atoms with Gasteiger partial charge in [-0.15, -0.1) is 0 Å². The molecule has 0 saturated carbocycles. The molecular weight excluding hydrogens is 340 g/mol. The van der Waals surface area contributed by atoms with E-state index in [2.05, 4.69) is 21.2 Å². The van der Waals surface area contributed by atoms with Gasteiger partial charge in [-0.05, 0) is 45.8 Å². The molecule has 21 heavy (non-hydrogen) atoms. The Balaban J connectivity index is 2.04. The summed E-state index contributed by atoms with van der Waals surface area (Å²) in [6.45, 7) is 0.490. The molecule has 0 amide bonds. The molecule has 0 bridgehead atoms. The van der Waals surface area contributed by atoms with E-state index < -0.39 is 10.9 Å². The van der Waals surface area contributed by atoms with Crippen LogP contribution in [0.25, 0.3) is 0 Å². The number of nitrogens with one attached hydrogen (secondary N) is 1. The number of halogens is 1. The summed E-state index contributed by atoms with van der Waals surface area (Å²) in [6.07, 6.45) is 0. The molecule has 0 saturated heterocycles. The van der Waals surface area contributed by atoms with E-state index in [-0.39, 0.29) is 11.3 Å². The maximum atomic E-state index is 10.7. The summed E-state index contributed by atoms with van der Waals surface area (Å²) >= 11 is 3.15. The smallest absolute Gasteiger partial charge is 0.335 e. The van der Waals surface area contributed by atoms with Crippen molar-refractivity contribution in [2.24, 2.45) is 0 Å². The number of nitro groups is 1. The lowest BCUT2D eigenvalue weighted by atomic mass is 10.1. The Kier molecular flexibility index (Phi) is 4.54. The van der Waals surface area contributed by atoms with E-state index in [0.29, 0.717) is 11.0 Å². The zero-order valence-corrected chi connectivity index (χ0v) is 12.3. The fourth-order valence-corrected chi connectivity index (χ4v) is 2.26. The first kappa shape index (κ1) is 15.0. The quantitative estimate of drug-likeness (QED) is 0.633. The Labute approximate surface area is 128 Å². The summed E-state index contributed by atoms with van der Waals surface area (Å²) in [4.78, 5) is 21.0. The SMILES string of the molecule is O=C(O)c1ccc(CNc2ccc([N+](=O)[O-])c(Br)c2)cc1. The van der Waals surface area contributed by atoms with Gasteiger partial charge in [0.1, 0.15) is 0 Å². The first-order valence-corrected chi connectivity index (χ1v) is 6.76. The number of carboxylic acids is 1. The zero-order chi connectivity index (χ0) is 15.4. The molecule has 0 heterocycles. The Morgan fingerprint density at radius 1 is 1.24 bits per heavy atom. The molecular formula is C14H11BrN2O4. The van der Waals surface area contributed by atoms with E-state index >= 15 is 0 Å². The molecule has 0 fully saturated rings. The van der Waals surface area contributed by atoms with Crippen LogP contribution >= 0.6 is 15.9 Å². The minimum atomic E-state index is -0.964. The molecule has 108 valence electrons. The third kappa shape index (κ3) is 3.79. The number of aromatic carboxylic acids is 1. The van der Waals surface area contributed by atoms with Gasteiger partial charge in [0.2, 0.25) is 0 Å². The Hall–Kier alpha value is -2.41. The number of nitro benzene ring substituents is 1. The normalized spacial score (nSPS) is 10.1. The van der Waals surface area contributed by atoms with Gasteiger partial charge in [0.05, 0.1) is 15.0 Å². The van der Waals surface area contributed by atoms with Crippen LogP contribution in [0.5, 0.6) is 0 Å². The third-order valence-electron chi connectivity index (χ3n) is 2.84. The monoisotopic (exact) mass is 350 g/mol. The van der Waals surface area contributed by atoms with Gasteiger partial charge in [-0.2, -0.15) is 0 Å². The fraction of sp³-hybridized carbons (Fsp3) is 0.0714. The molecule has 0 aromatic heterocycles. The van der Waals surface area contributed by atoms with Crippen molar-refractivity contribution in [2.75, 3.05) is 5.32 Å². The van der Waals surface area contributed by atoms with Gasteiger partial charge < -0.3 is 10.4 Å². The highest BCUT2D eigenvalue weighted by atomic mass is 79.9. The van der Waals surface area contributed by atoms with Crippen molar-refractivity contribution in [3.8, 4) is 0 Å². The average molecular weight is 351 g/mol. The van der Waals surface area contributed by atoms with Crippen molar-refractivity contribution in [3.63, 3.8) is 0 Å². The zero-order valence-electron chi connectivity index (χ0n) is 10.7. The summed E-state index contributed by atoms with van der Waals surface area (Å²) in [5, 5.41) is 22.6. The number of hydrogen-bond donors (Lipinski definition) is 2. The molecule has 0 spiro atoms. The van der Waals surface area contributed by atoms with Crippen molar-refractivity contribution in [3.05, 3.63) is 68.2 Å². The van der Waals surface area contributed by atoms with E-state index in [4.69, 9.17) is 5.11 Å². The number of anilines is 1. The maximum Gasteiger partial charge on any atom is 0.335 e. The molecule has 2 N–H and O–H groups in total. The van der Waals surface area contributed by atoms with Crippen LogP contribution in [0, 0.1) is 10.1 Å². The highest BCUT2D eigenvalue weighted by Gasteiger charge is 2.11. The minimum Gasteiger partial charge on any atom is -0.478 e. The molecule has 2 aromatic carbocycles. The van der Waals surface area contributed by atoms with Crippen LogP contribution in [0.4, 0.5) is 11.4 Å². The number of hydrogen-bond acceptors (Lipinski definition) is 4. The molecule has 0 unspecified atom stereocenters. The molecule has 0 atom stereocenters. The van der Waals surface area contributed by atoms with Crippen LogP contribution in [-0.4, -0.2) is 16.0 Å². The summed E-state index contributed by atoms with van der Waals surface area (Å²) in [5.74, 6) is -0.964. The van der Waals surface area contributed by atoms with Crippen LogP contribution in [0.1, 0.15) is 15.9 Å². The van der Waals surface area contributed by atoms with Crippen LogP contribution in [0.2, 0.25) is 0 Å². The minimum absolute atomic E-state index is 0.00589. The fourth-order valence-electron chi connectivity index (χ4n) is 1.73. The van der Waals surface area contributed by atoms with E-state index in [1.54, 1.807) is 24.3 Å². The molecule has 0 radical (unpaired) electrons. The van der Waals surface area contributed by atoms with E-state index in [9.17, 15) is 14.9 Å². The molecule has 7 heteroatoms. The Morgan fingerprint density at radius 3 is 2.43 bits per heavy atom. The van der Waals surface area contributed by atoms with Crippen LogP contribution < -0.4 is 5.32 Å². The Bertz CT molecular complexity index is 686. The van der Waals surface area contributed by atoms with Gasteiger partial charge in [-0.3, -0.25) is 10.1 Å². The van der Waals surface area contributed by atoms with Gasteiger partial charge in [0.15, 0.2) is 0 Å². The molecule has 2 rings (SSSR count). The topological polar surface area (TPSA) is 92.5 Å². The number of carbonyl (C=O) groups is 1. The van der Waals surface area contributed by atoms with Crippen LogP contribution in [-0.2, 0) is 6.54 Å². The van der Waals surface area contributed by atoms with Gasteiger partial charge in [0, 0.05) is 18.3 Å². The number of carboxylic acid groups (broad SMARTS) is 1. The summed E-state index contributed by atoms with van der Waals surface area (Å²) in [7, 11) is 0. The molecule has 6 nitrogen and oxygen atoms in total. The molecule has 0 aliphatic rings. The van der Waals surface area contributed by atoms with Crippen molar-refractivity contribution >= 4 is 33.3 Å². The van der Waals surface area contributed by atoms with Crippen molar-refractivity contribution in [1.82, 2.24) is 0 Å². The predicted molar refractivity (Wildman–Crippen MR) is 81.5 cm³/mol. The van der Waals surface area contributed by atoms with Gasteiger partial charge in [-0.1, -0.05) is 12.1 Å². The van der Waals surface area contributed by atoms with E-state index in [0.717, 1.165) is 11.3 Å². The number of rotatable bonds is 5. The highest BCUT2D eigenvalue weighted by molar-refractivity contribution is 9.10. The first-order valence-electron chi connectivity index (χ1n) is 5.97. The summed E-state index contributed by atoms with van der Waals surface area (Å²) < 4.78 is 0.402. The van der Waals surface area contributed by atoms with Crippen LogP contribution in [0.15, 0.2) is 46.9 Å². The second-order valence-corrected chi connectivity index (χ2v) is 5.13. The standard InChI is InChI=1S/C14H11BrN2O4/c15-12-7-11(5-6-13(12)17(20)21)16-8-9-1-3-10(4-2-9)14(18)19/h1-7,16H,8H2,(H,18,19). The molecule has 0 aliphatic heterocycles. The van der Waals surface area contributed by atoms with Gasteiger partial charge in [-0.25, -0.2) is 4.79 Å². The highest BCUT2D eigenvalue weighted by Crippen LogP contribution is 2.27. The number of nitrogens with zero attached hydrogens (tertiary/aromatic N) is 1. The van der Waals surface area contributed by atoms with Crippen molar-refractivity contribution in [2.45, 2.75) is 6.54 Å². The Morgan fingerprint density at radius 2 is 1.90 bits per heavy atom. The van der Waals surface area contributed by atoms with Crippen LogP contribution in [0.3, 0.4) is 0 Å². The second kappa shape index (κ2) is 6.36. The van der Waals surface area contributed by atoms with Crippen molar-refractivity contribution in [1.29, 1.82) is 0 Å². The first-order chi connectivity index (χ1) is 9.97. The molecule has 2 aromatic rings. The summed E-state index contributed by atoms with van der Waals surface area (Å²) in [5.41, 5.74) is 1.88. The van der Waals surface area contributed by atoms with Crippen molar-refractivity contribution < 1.29 is 14.8 Å². The lowest BCUT2D eigenvalue weighted by Crippen LogP contribution is -2.01. The van der Waals surface area contributed by atoms with E-state index in [1.165, 1.54) is 18.2 Å². The lowest BCUT2D eigenvalue weighted by Gasteiger charge is -2.07. The largest absolute Gasteiger partial charge is 0.478 e.